The molecule has 1 saturated heterocycles. The maximum absolute atomic E-state index is 15.5. The number of carbonyl (C=O) groups excluding carboxylic acids is 1. The zero-order valence-corrected chi connectivity index (χ0v) is 20.3. The SMILES string of the molecule is Cc1ncc(NC(=O)c2cccc(C(F)(F)F)c2)cc1-c1cc(F)c2c(c1)N1CCOC[C@@H]1[C@](F)(CO)C2. The number of pyridine rings is 1. The number of anilines is 2. The van der Waals surface area contributed by atoms with Gasteiger partial charge in [-0.15, -0.1) is 0 Å². The van der Waals surface area contributed by atoms with E-state index in [1.54, 1.807) is 24.0 Å². The molecule has 2 atom stereocenters. The Morgan fingerprint density at radius 3 is 2.79 bits per heavy atom. The van der Waals surface area contributed by atoms with Crippen LogP contribution in [0.2, 0.25) is 0 Å². The molecular weight excluding hydrogens is 509 g/mol. The molecule has 0 radical (unpaired) electrons. The number of ether oxygens (including phenoxy) is 1. The van der Waals surface area contributed by atoms with Crippen LogP contribution in [0.25, 0.3) is 11.1 Å². The lowest BCUT2D eigenvalue weighted by atomic mass is 9.82. The van der Waals surface area contributed by atoms with E-state index >= 15 is 8.78 Å². The molecule has 0 saturated carbocycles. The number of hydrogen-bond acceptors (Lipinski definition) is 5. The molecule has 1 aromatic heterocycles. The fourth-order valence-corrected chi connectivity index (χ4v) is 5.04. The molecule has 1 amide bonds. The predicted molar refractivity (Wildman–Crippen MR) is 130 cm³/mol. The molecular formula is C27H24F5N3O3. The van der Waals surface area contributed by atoms with E-state index in [4.69, 9.17) is 4.74 Å². The molecule has 0 spiro atoms. The predicted octanol–water partition coefficient (Wildman–Crippen LogP) is 4.93. The molecule has 6 nitrogen and oxygen atoms in total. The standard InChI is InChI=1S/C27H24F5N3O3/c1-15-20(10-19(12-33-15)34-25(37)16-3-2-4-18(7-16)27(30,31)32)17-8-22(28)21-11-26(29,14-36)24-13-38-6-5-35(24)23(21)9-17/h2-4,7-10,12,24,36H,5-6,11,13-14H2,1H3,(H,34,37)/t24-,26-/m1/s1. The monoisotopic (exact) mass is 533 g/mol. The Hall–Kier alpha value is -3.57. The van der Waals surface area contributed by atoms with E-state index in [9.17, 15) is 23.1 Å². The molecule has 0 bridgehead atoms. The number of alkyl halides is 4. The first-order valence-corrected chi connectivity index (χ1v) is 11.9. The number of amides is 1. The van der Waals surface area contributed by atoms with Crippen molar-refractivity contribution in [1.29, 1.82) is 0 Å². The first kappa shape index (κ1) is 26.1. The molecule has 5 rings (SSSR count). The highest BCUT2D eigenvalue weighted by molar-refractivity contribution is 6.04. The normalized spacial score (nSPS) is 21.0. The molecule has 1 fully saturated rings. The van der Waals surface area contributed by atoms with Crippen LogP contribution in [0.1, 0.15) is 27.2 Å². The van der Waals surface area contributed by atoms with Crippen LogP contribution in [0.15, 0.2) is 48.7 Å². The Bertz CT molecular complexity index is 1400. The van der Waals surface area contributed by atoms with Crippen molar-refractivity contribution in [2.24, 2.45) is 0 Å². The number of hydrogen-bond donors (Lipinski definition) is 2. The second-order valence-corrected chi connectivity index (χ2v) is 9.50. The number of aryl methyl sites for hydroxylation is 1. The fraction of sp³-hybridized carbons (Fsp3) is 0.333. The van der Waals surface area contributed by atoms with Crippen LogP contribution in [0.5, 0.6) is 0 Å². The van der Waals surface area contributed by atoms with Crippen molar-refractivity contribution < 1.29 is 36.6 Å². The Labute approximate surface area is 215 Å². The Balaban J connectivity index is 1.48. The molecule has 3 heterocycles. The quantitative estimate of drug-likeness (QED) is 0.466. The van der Waals surface area contributed by atoms with Crippen molar-refractivity contribution in [1.82, 2.24) is 4.98 Å². The summed E-state index contributed by atoms with van der Waals surface area (Å²) in [4.78, 5) is 18.7. The van der Waals surface area contributed by atoms with Gasteiger partial charge in [-0.3, -0.25) is 9.78 Å². The fourth-order valence-electron chi connectivity index (χ4n) is 5.04. The van der Waals surface area contributed by atoms with Crippen molar-refractivity contribution in [2.45, 2.75) is 31.2 Å². The van der Waals surface area contributed by atoms with Crippen molar-refractivity contribution in [3.63, 3.8) is 0 Å². The highest BCUT2D eigenvalue weighted by Gasteiger charge is 2.49. The highest BCUT2D eigenvalue weighted by atomic mass is 19.4. The molecule has 2 aliphatic rings. The van der Waals surface area contributed by atoms with Crippen molar-refractivity contribution >= 4 is 17.3 Å². The maximum Gasteiger partial charge on any atom is 0.416 e. The minimum absolute atomic E-state index is 0.0555. The molecule has 0 aliphatic carbocycles. The van der Waals surface area contributed by atoms with Gasteiger partial charge in [-0.2, -0.15) is 13.2 Å². The van der Waals surface area contributed by atoms with Gasteiger partial charge in [0.2, 0.25) is 0 Å². The van der Waals surface area contributed by atoms with Gasteiger partial charge in [-0.1, -0.05) is 6.07 Å². The Morgan fingerprint density at radius 1 is 1.26 bits per heavy atom. The average molecular weight is 533 g/mol. The topological polar surface area (TPSA) is 74.7 Å². The van der Waals surface area contributed by atoms with E-state index in [1.165, 1.54) is 18.3 Å². The van der Waals surface area contributed by atoms with E-state index in [2.05, 4.69) is 10.3 Å². The summed E-state index contributed by atoms with van der Waals surface area (Å²) in [6, 6.07) is 7.79. The lowest BCUT2D eigenvalue weighted by Crippen LogP contribution is -2.62. The van der Waals surface area contributed by atoms with Crippen LogP contribution in [0, 0.1) is 12.7 Å². The van der Waals surface area contributed by atoms with Gasteiger partial charge in [0, 0.05) is 41.0 Å². The van der Waals surface area contributed by atoms with Gasteiger partial charge in [0.15, 0.2) is 5.67 Å². The van der Waals surface area contributed by atoms with Crippen LogP contribution in [-0.4, -0.2) is 54.1 Å². The number of benzene rings is 2. The molecule has 38 heavy (non-hydrogen) atoms. The van der Waals surface area contributed by atoms with Crippen LogP contribution in [0.4, 0.5) is 33.3 Å². The third-order valence-corrected chi connectivity index (χ3v) is 7.05. The second-order valence-electron chi connectivity index (χ2n) is 9.50. The summed E-state index contributed by atoms with van der Waals surface area (Å²) in [6.45, 7) is 1.62. The molecule has 2 aromatic carbocycles. The van der Waals surface area contributed by atoms with Gasteiger partial charge in [-0.25, -0.2) is 8.78 Å². The van der Waals surface area contributed by atoms with Crippen molar-refractivity contribution in [3.05, 3.63) is 76.9 Å². The van der Waals surface area contributed by atoms with Gasteiger partial charge in [0.1, 0.15) is 5.82 Å². The van der Waals surface area contributed by atoms with Crippen LogP contribution >= 0.6 is 0 Å². The number of aromatic nitrogens is 1. The number of nitrogens with zero attached hydrogens (tertiary/aromatic N) is 2. The number of carbonyl (C=O) groups is 1. The molecule has 2 N–H and O–H groups in total. The zero-order valence-electron chi connectivity index (χ0n) is 20.3. The summed E-state index contributed by atoms with van der Waals surface area (Å²) in [5.41, 5.74) is -0.892. The van der Waals surface area contributed by atoms with Gasteiger partial charge in [0.25, 0.3) is 5.91 Å². The van der Waals surface area contributed by atoms with Crippen molar-refractivity contribution in [3.8, 4) is 11.1 Å². The van der Waals surface area contributed by atoms with E-state index in [1.807, 2.05) is 0 Å². The molecule has 3 aromatic rings. The number of aliphatic hydroxyl groups is 1. The summed E-state index contributed by atoms with van der Waals surface area (Å²) in [5, 5.41) is 12.3. The van der Waals surface area contributed by atoms with Crippen LogP contribution in [-0.2, 0) is 17.3 Å². The first-order chi connectivity index (χ1) is 18.0. The Kier molecular flexibility index (Phi) is 6.60. The van der Waals surface area contributed by atoms with Gasteiger partial charge < -0.3 is 20.1 Å². The third-order valence-electron chi connectivity index (χ3n) is 7.05. The number of morpholine rings is 1. The minimum atomic E-state index is -4.59. The summed E-state index contributed by atoms with van der Waals surface area (Å²) in [6.07, 6.45) is -3.54. The summed E-state index contributed by atoms with van der Waals surface area (Å²) in [5.74, 6) is -1.40. The Morgan fingerprint density at radius 2 is 2.05 bits per heavy atom. The van der Waals surface area contributed by atoms with E-state index in [-0.39, 0.29) is 29.8 Å². The number of nitrogens with one attached hydrogen (secondary N) is 1. The summed E-state index contributed by atoms with van der Waals surface area (Å²) >= 11 is 0. The summed E-state index contributed by atoms with van der Waals surface area (Å²) < 4.78 is 75.5. The molecule has 11 heteroatoms. The highest BCUT2D eigenvalue weighted by Crippen LogP contribution is 2.43. The first-order valence-electron chi connectivity index (χ1n) is 11.9. The van der Waals surface area contributed by atoms with Gasteiger partial charge in [-0.05, 0) is 48.9 Å². The smallest absolute Gasteiger partial charge is 0.393 e. The van der Waals surface area contributed by atoms with Crippen LogP contribution < -0.4 is 10.2 Å². The second kappa shape index (κ2) is 9.63. The number of rotatable bonds is 4. The van der Waals surface area contributed by atoms with Crippen LogP contribution in [0.3, 0.4) is 0 Å². The summed E-state index contributed by atoms with van der Waals surface area (Å²) in [7, 11) is 0. The zero-order chi connectivity index (χ0) is 27.2. The van der Waals surface area contributed by atoms with Gasteiger partial charge in [0.05, 0.1) is 43.3 Å². The van der Waals surface area contributed by atoms with Gasteiger partial charge >= 0.3 is 6.18 Å². The number of fused-ring (bicyclic) bond motifs is 3. The van der Waals surface area contributed by atoms with E-state index in [0.717, 1.165) is 18.2 Å². The minimum Gasteiger partial charge on any atom is -0.393 e. The largest absolute Gasteiger partial charge is 0.416 e. The molecule has 200 valence electrons. The molecule has 0 unspecified atom stereocenters. The molecule has 2 aliphatic heterocycles. The maximum atomic E-state index is 15.5. The lowest BCUT2D eigenvalue weighted by Gasteiger charge is -2.48. The number of aliphatic hydroxyl groups excluding tert-OH is 1. The van der Waals surface area contributed by atoms with E-state index in [0.29, 0.717) is 35.7 Å². The van der Waals surface area contributed by atoms with Crippen molar-refractivity contribution in [2.75, 3.05) is 36.6 Å². The van der Waals surface area contributed by atoms with E-state index < -0.39 is 41.8 Å². The average Bonchev–Trinajstić information content (AvgIpc) is 2.90. The third kappa shape index (κ3) is 4.71. The number of halogens is 5. The lowest BCUT2D eigenvalue weighted by molar-refractivity contribution is -0.137.